The minimum absolute atomic E-state index is 0.0681. The summed E-state index contributed by atoms with van der Waals surface area (Å²) >= 11 is 0. The topological polar surface area (TPSA) is 83.6 Å². The predicted molar refractivity (Wildman–Crippen MR) is 36.6 cm³/mol. The van der Waals surface area contributed by atoms with Crippen molar-refractivity contribution in [3.8, 4) is 0 Å². The van der Waals surface area contributed by atoms with Crippen molar-refractivity contribution in [2.45, 2.75) is 25.0 Å². The Kier molecular flexibility index (Phi) is 2.41. The number of nitro groups is 1. The molecule has 0 heterocycles. The Labute approximate surface area is 63.8 Å². The van der Waals surface area contributed by atoms with Crippen LogP contribution >= 0.6 is 0 Å². The maximum Gasteiger partial charge on any atom is 0.238 e. The van der Waals surface area contributed by atoms with E-state index in [0.29, 0.717) is 12.8 Å². The van der Waals surface area contributed by atoms with Gasteiger partial charge in [0.15, 0.2) is 0 Å². The molecule has 2 unspecified atom stereocenters. The summed E-state index contributed by atoms with van der Waals surface area (Å²) in [5, 5.41) is 28.0. The van der Waals surface area contributed by atoms with Crippen LogP contribution in [0.25, 0.3) is 0 Å². The van der Waals surface area contributed by atoms with Crippen LogP contribution < -0.4 is 0 Å². The normalized spacial score (nSPS) is 37.5. The molecule has 0 aromatic heterocycles. The summed E-state index contributed by atoms with van der Waals surface area (Å²) in [6.45, 7) is -0.0681. The molecule has 0 amide bonds. The molecule has 0 aromatic carbocycles. The maximum absolute atomic E-state index is 10.2. The molecule has 0 bridgehead atoms. The van der Waals surface area contributed by atoms with E-state index in [-0.39, 0.29) is 12.5 Å². The number of aliphatic hydroxyl groups excluding tert-OH is 2. The average molecular weight is 161 g/mol. The van der Waals surface area contributed by atoms with Gasteiger partial charge in [-0.3, -0.25) is 10.1 Å². The Hall–Kier alpha value is -0.680. The maximum atomic E-state index is 10.2. The number of aliphatic hydroxyl groups is 2. The summed E-state index contributed by atoms with van der Waals surface area (Å²) in [7, 11) is 0. The summed E-state index contributed by atoms with van der Waals surface area (Å²) in [5.41, 5.74) is 0. The Morgan fingerprint density at radius 3 is 2.45 bits per heavy atom. The summed E-state index contributed by atoms with van der Waals surface area (Å²) in [6.07, 6.45) is -0.227. The van der Waals surface area contributed by atoms with Crippen LogP contribution in [0, 0.1) is 16.0 Å². The van der Waals surface area contributed by atoms with E-state index in [1.54, 1.807) is 0 Å². The number of hydrogen-bond donors (Lipinski definition) is 2. The van der Waals surface area contributed by atoms with Crippen molar-refractivity contribution in [1.82, 2.24) is 0 Å². The number of hydrogen-bond acceptors (Lipinski definition) is 4. The molecule has 2 N–H and O–H groups in total. The van der Waals surface area contributed by atoms with Gasteiger partial charge in [-0.05, 0) is 12.3 Å². The van der Waals surface area contributed by atoms with Crippen LogP contribution in [0.2, 0.25) is 0 Å². The first-order chi connectivity index (χ1) is 5.15. The van der Waals surface area contributed by atoms with Gasteiger partial charge in [0.2, 0.25) is 6.04 Å². The molecular formula is C6H11NO4. The SMILES string of the molecule is O=[N+]([O-])C1C[C@H](CO)CC1O. The van der Waals surface area contributed by atoms with Crippen LogP contribution in [0.1, 0.15) is 12.8 Å². The second-order valence-corrected chi connectivity index (χ2v) is 2.94. The molecule has 1 rings (SSSR count). The average Bonchev–Trinajstić information content (AvgIpc) is 2.30. The van der Waals surface area contributed by atoms with Crippen molar-refractivity contribution in [3.05, 3.63) is 10.1 Å². The van der Waals surface area contributed by atoms with Crippen LogP contribution in [0.4, 0.5) is 0 Å². The zero-order valence-corrected chi connectivity index (χ0v) is 6.01. The largest absolute Gasteiger partial charge is 0.396 e. The Balaban J connectivity index is 2.51. The fourth-order valence-corrected chi connectivity index (χ4v) is 1.47. The monoisotopic (exact) mass is 161 g/mol. The minimum Gasteiger partial charge on any atom is -0.396 e. The molecule has 11 heavy (non-hydrogen) atoms. The van der Waals surface area contributed by atoms with Crippen molar-refractivity contribution >= 4 is 0 Å². The van der Waals surface area contributed by atoms with E-state index in [2.05, 4.69) is 0 Å². The van der Waals surface area contributed by atoms with Crippen molar-refractivity contribution in [2.75, 3.05) is 6.61 Å². The lowest BCUT2D eigenvalue weighted by molar-refractivity contribution is -0.530. The molecule has 5 heteroatoms. The smallest absolute Gasteiger partial charge is 0.238 e. The van der Waals surface area contributed by atoms with Gasteiger partial charge in [0.25, 0.3) is 0 Å². The molecule has 0 aromatic rings. The van der Waals surface area contributed by atoms with Crippen molar-refractivity contribution in [1.29, 1.82) is 0 Å². The second-order valence-electron chi connectivity index (χ2n) is 2.94. The lowest BCUT2D eigenvalue weighted by Crippen LogP contribution is -2.27. The summed E-state index contributed by atoms with van der Waals surface area (Å²) in [6, 6.07) is -0.868. The molecule has 1 saturated carbocycles. The molecule has 0 spiro atoms. The number of rotatable bonds is 2. The van der Waals surface area contributed by atoms with Gasteiger partial charge >= 0.3 is 0 Å². The van der Waals surface area contributed by atoms with Gasteiger partial charge in [0.1, 0.15) is 6.10 Å². The van der Waals surface area contributed by atoms with E-state index in [1.165, 1.54) is 0 Å². The molecule has 5 nitrogen and oxygen atoms in total. The van der Waals surface area contributed by atoms with E-state index in [1.807, 2.05) is 0 Å². The van der Waals surface area contributed by atoms with Gasteiger partial charge in [0.05, 0.1) is 0 Å². The third-order valence-electron chi connectivity index (χ3n) is 2.12. The highest BCUT2D eigenvalue weighted by Gasteiger charge is 2.40. The first kappa shape index (κ1) is 8.42. The zero-order valence-electron chi connectivity index (χ0n) is 6.01. The molecule has 0 aliphatic heterocycles. The van der Waals surface area contributed by atoms with Crippen LogP contribution in [0.5, 0.6) is 0 Å². The molecule has 0 radical (unpaired) electrons. The van der Waals surface area contributed by atoms with Gasteiger partial charge in [-0.2, -0.15) is 0 Å². The third-order valence-corrected chi connectivity index (χ3v) is 2.12. The molecule has 3 atom stereocenters. The fraction of sp³-hybridized carbons (Fsp3) is 1.00. The Morgan fingerprint density at radius 2 is 2.18 bits per heavy atom. The van der Waals surface area contributed by atoms with E-state index < -0.39 is 17.1 Å². The summed E-state index contributed by atoms with van der Waals surface area (Å²) in [4.78, 5) is 9.77. The van der Waals surface area contributed by atoms with Crippen LogP contribution in [-0.4, -0.2) is 33.9 Å². The lowest BCUT2D eigenvalue weighted by atomic mass is 10.1. The quantitative estimate of drug-likeness (QED) is 0.418. The van der Waals surface area contributed by atoms with Gasteiger partial charge < -0.3 is 10.2 Å². The van der Waals surface area contributed by atoms with E-state index in [4.69, 9.17) is 10.2 Å². The first-order valence-corrected chi connectivity index (χ1v) is 3.57. The van der Waals surface area contributed by atoms with Gasteiger partial charge in [-0.1, -0.05) is 0 Å². The van der Waals surface area contributed by atoms with E-state index in [0.717, 1.165) is 0 Å². The molecule has 64 valence electrons. The first-order valence-electron chi connectivity index (χ1n) is 3.57. The molecule has 1 aliphatic carbocycles. The van der Waals surface area contributed by atoms with Crippen molar-refractivity contribution in [3.63, 3.8) is 0 Å². The fourth-order valence-electron chi connectivity index (χ4n) is 1.47. The van der Waals surface area contributed by atoms with Gasteiger partial charge in [-0.25, -0.2) is 0 Å². The van der Waals surface area contributed by atoms with Gasteiger partial charge in [-0.15, -0.1) is 0 Å². The van der Waals surface area contributed by atoms with Crippen LogP contribution in [0.3, 0.4) is 0 Å². The highest BCUT2D eigenvalue weighted by Crippen LogP contribution is 2.27. The summed E-state index contributed by atoms with van der Waals surface area (Å²) in [5.74, 6) is -0.0969. The zero-order chi connectivity index (χ0) is 8.43. The molecule has 0 saturated heterocycles. The summed E-state index contributed by atoms with van der Waals surface area (Å²) < 4.78 is 0. The number of nitrogens with zero attached hydrogens (tertiary/aromatic N) is 1. The molecule has 1 fully saturated rings. The second kappa shape index (κ2) is 3.15. The third kappa shape index (κ3) is 1.66. The highest BCUT2D eigenvalue weighted by molar-refractivity contribution is 4.82. The van der Waals surface area contributed by atoms with E-state index in [9.17, 15) is 10.1 Å². The standard InChI is InChI=1S/C6H11NO4/c8-3-4-1-5(7(10)11)6(9)2-4/h4-6,8-9H,1-3H2/t4-,5?,6?/m0/s1. The minimum atomic E-state index is -0.873. The van der Waals surface area contributed by atoms with Crippen LogP contribution in [0.15, 0.2) is 0 Å². The molecular weight excluding hydrogens is 150 g/mol. The Bertz CT molecular complexity index is 161. The lowest BCUT2D eigenvalue weighted by Gasteiger charge is -2.03. The van der Waals surface area contributed by atoms with E-state index >= 15 is 0 Å². The van der Waals surface area contributed by atoms with Crippen LogP contribution in [-0.2, 0) is 0 Å². The van der Waals surface area contributed by atoms with Crippen molar-refractivity contribution in [2.24, 2.45) is 5.92 Å². The van der Waals surface area contributed by atoms with Gasteiger partial charge in [0, 0.05) is 18.0 Å². The van der Waals surface area contributed by atoms with Crippen molar-refractivity contribution < 1.29 is 15.1 Å². The molecule has 1 aliphatic rings. The predicted octanol–water partition coefficient (Wildman–Crippen LogP) is -0.605. The Morgan fingerprint density at radius 1 is 1.55 bits per heavy atom. The highest BCUT2D eigenvalue weighted by atomic mass is 16.6.